The summed E-state index contributed by atoms with van der Waals surface area (Å²) in [6.07, 6.45) is 7.40. The highest BCUT2D eigenvalue weighted by atomic mass is 79.9. The van der Waals surface area contributed by atoms with Gasteiger partial charge in [0.15, 0.2) is 0 Å². The lowest BCUT2D eigenvalue weighted by Crippen LogP contribution is -2.23. The molecule has 0 aliphatic carbocycles. The van der Waals surface area contributed by atoms with Crippen molar-refractivity contribution in [2.75, 3.05) is 11.9 Å². The molecule has 1 aromatic rings. The SMILES string of the molecule is CCCCCCCC(CO)Nc1cccc(Br)c1. The number of halogens is 1. The molecule has 1 aromatic carbocycles. The Morgan fingerprint density at radius 3 is 2.67 bits per heavy atom. The maximum absolute atomic E-state index is 9.39. The summed E-state index contributed by atoms with van der Waals surface area (Å²) < 4.78 is 1.06. The molecule has 0 aliphatic heterocycles. The van der Waals surface area contributed by atoms with Crippen molar-refractivity contribution in [3.63, 3.8) is 0 Å². The smallest absolute Gasteiger partial charge is 0.0632 e. The largest absolute Gasteiger partial charge is 0.394 e. The molecule has 2 nitrogen and oxygen atoms in total. The molecule has 0 bridgehead atoms. The lowest BCUT2D eigenvalue weighted by atomic mass is 10.1. The third-order valence-electron chi connectivity index (χ3n) is 3.07. The van der Waals surface area contributed by atoms with Gasteiger partial charge in [-0.05, 0) is 24.6 Å². The van der Waals surface area contributed by atoms with E-state index in [0.717, 1.165) is 16.6 Å². The fourth-order valence-electron chi connectivity index (χ4n) is 2.02. The van der Waals surface area contributed by atoms with Crippen molar-refractivity contribution in [3.8, 4) is 0 Å². The van der Waals surface area contributed by atoms with Gasteiger partial charge >= 0.3 is 0 Å². The Morgan fingerprint density at radius 1 is 1.22 bits per heavy atom. The molecule has 1 rings (SSSR count). The molecule has 0 aliphatic rings. The Kier molecular flexibility index (Phi) is 8.10. The van der Waals surface area contributed by atoms with Crippen LogP contribution in [0.1, 0.15) is 45.4 Å². The summed E-state index contributed by atoms with van der Waals surface area (Å²) in [5.74, 6) is 0. The highest BCUT2D eigenvalue weighted by Gasteiger charge is 2.06. The molecule has 0 spiro atoms. The summed E-state index contributed by atoms with van der Waals surface area (Å²) in [5, 5.41) is 12.8. The number of rotatable bonds is 9. The maximum Gasteiger partial charge on any atom is 0.0632 e. The third kappa shape index (κ3) is 6.41. The zero-order chi connectivity index (χ0) is 13.2. The van der Waals surface area contributed by atoms with E-state index < -0.39 is 0 Å². The first-order chi connectivity index (χ1) is 8.76. The zero-order valence-electron chi connectivity index (χ0n) is 11.2. The molecule has 1 atom stereocenters. The quantitative estimate of drug-likeness (QED) is 0.654. The molecule has 0 saturated carbocycles. The topological polar surface area (TPSA) is 32.3 Å². The van der Waals surface area contributed by atoms with Crippen LogP contribution in [0.3, 0.4) is 0 Å². The standard InChI is InChI=1S/C15H24BrNO/c1-2-3-4-5-6-9-15(12-18)17-14-10-7-8-13(16)11-14/h7-8,10-11,15,17-18H,2-6,9,12H2,1H3. The molecule has 0 saturated heterocycles. The van der Waals surface area contributed by atoms with Gasteiger partial charge in [0.1, 0.15) is 0 Å². The van der Waals surface area contributed by atoms with Crippen molar-refractivity contribution in [1.29, 1.82) is 0 Å². The summed E-state index contributed by atoms with van der Waals surface area (Å²) in [5.41, 5.74) is 1.07. The lowest BCUT2D eigenvalue weighted by Gasteiger charge is -2.17. The second-order valence-electron chi connectivity index (χ2n) is 4.74. The van der Waals surface area contributed by atoms with Crippen molar-refractivity contribution >= 4 is 21.6 Å². The van der Waals surface area contributed by atoms with E-state index in [1.807, 2.05) is 24.3 Å². The average molecular weight is 314 g/mol. The van der Waals surface area contributed by atoms with Crippen LogP contribution in [0.25, 0.3) is 0 Å². The number of hydrogen-bond donors (Lipinski definition) is 2. The van der Waals surface area contributed by atoms with Crippen molar-refractivity contribution in [2.24, 2.45) is 0 Å². The van der Waals surface area contributed by atoms with E-state index in [4.69, 9.17) is 0 Å². The van der Waals surface area contributed by atoms with Crippen LogP contribution in [-0.4, -0.2) is 17.8 Å². The van der Waals surface area contributed by atoms with Crippen LogP contribution < -0.4 is 5.32 Å². The highest BCUT2D eigenvalue weighted by Crippen LogP contribution is 2.18. The summed E-state index contributed by atoms with van der Waals surface area (Å²) in [7, 11) is 0. The Balaban J connectivity index is 2.28. The van der Waals surface area contributed by atoms with Crippen molar-refractivity contribution in [2.45, 2.75) is 51.5 Å². The average Bonchev–Trinajstić information content (AvgIpc) is 2.37. The molecule has 0 heterocycles. The van der Waals surface area contributed by atoms with Crippen LogP contribution >= 0.6 is 15.9 Å². The van der Waals surface area contributed by atoms with Gasteiger partial charge in [-0.2, -0.15) is 0 Å². The molecule has 1 unspecified atom stereocenters. The van der Waals surface area contributed by atoms with Gasteiger partial charge in [-0.1, -0.05) is 61.0 Å². The van der Waals surface area contributed by atoms with Crippen LogP contribution in [0.2, 0.25) is 0 Å². The summed E-state index contributed by atoms with van der Waals surface area (Å²) in [6, 6.07) is 8.25. The molecule has 0 aromatic heterocycles. The van der Waals surface area contributed by atoms with E-state index in [1.165, 1.54) is 32.1 Å². The van der Waals surface area contributed by atoms with Gasteiger partial charge in [0.2, 0.25) is 0 Å². The number of hydrogen-bond acceptors (Lipinski definition) is 2. The van der Waals surface area contributed by atoms with Crippen LogP contribution in [0.4, 0.5) is 5.69 Å². The predicted molar refractivity (Wildman–Crippen MR) is 82.0 cm³/mol. The van der Waals surface area contributed by atoms with Crippen LogP contribution in [0, 0.1) is 0 Å². The second-order valence-corrected chi connectivity index (χ2v) is 5.65. The van der Waals surface area contributed by atoms with Gasteiger partial charge in [0.25, 0.3) is 0 Å². The van der Waals surface area contributed by atoms with Crippen LogP contribution in [0.15, 0.2) is 28.7 Å². The molecular formula is C15H24BrNO. The lowest BCUT2D eigenvalue weighted by molar-refractivity contribution is 0.266. The number of benzene rings is 1. The Morgan fingerprint density at radius 2 is 2.00 bits per heavy atom. The van der Waals surface area contributed by atoms with E-state index in [9.17, 15) is 5.11 Å². The van der Waals surface area contributed by atoms with Crippen LogP contribution in [0.5, 0.6) is 0 Å². The maximum atomic E-state index is 9.39. The number of nitrogens with one attached hydrogen (secondary N) is 1. The van der Waals surface area contributed by atoms with Gasteiger partial charge < -0.3 is 10.4 Å². The van der Waals surface area contributed by atoms with Gasteiger partial charge in [0, 0.05) is 16.2 Å². The molecule has 3 heteroatoms. The fourth-order valence-corrected chi connectivity index (χ4v) is 2.42. The van der Waals surface area contributed by atoms with Gasteiger partial charge in [-0.25, -0.2) is 0 Å². The minimum atomic E-state index is 0.168. The normalized spacial score (nSPS) is 12.4. The minimum absolute atomic E-state index is 0.168. The van der Waals surface area contributed by atoms with E-state index in [-0.39, 0.29) is 12.6 Å². The first-order valence-corrected chi connectivity index (χ1v) is 7.68. The van der Waals surface area contributed by atoms with Crippen molar-refractivity contribution < 1.29 is 5.11 Å². The van der Waals surface area contributed by atoms with Crippen LogP contribution in [-0.2, 0) is 0 Å². The Hall–Kier alpha value is -0.540. The Bertz CT molecular complexity index is 330. The number of anilines is 1. The van der Waals surface area contributed by atoms with E-state index in [2.05, 4.69) is 28.2 Å². The summed E-state index contributed by atoms with van der Waals surface area (Å²) >= 11 is 3.45. The highest BCUT2D eigenvalue weighted by molar-refractivity contribution is 9.10. The first kappa shape index (κ1) is 15.5. The molecule has 0 amide bonds. The monoisotopic (exact) mass is 313 g/mol. The zero-order valence-corrected chi connectivity index (χ0v) is 12.7. The fraction of sp³-hybridized carbons (Fsp3) is 0.600. The minimum Gasteiger partial charge on any atom is -0.394 e. The molecule has 2 N–H and O–H groups in total. The molecular weight excluding hydrogens is 290 g/mol. The van der Waals surface area contributed by atoms with Crippen molar-refractivity contribution in [1.82, 2.24) is 0 Å². The Labute approximate surface area is 119 Å². The number of aliphatic hydroxyl groups excluding tert-OH is 1. The molecule has 0 radical (unpaired) electrons. The van der Waals surface area contributed by atoms with Gasteiger partial charge in [-0.15, -0.1) is 0 Å². The van der Waals surface area contributed by atoms with Gasteiger partial charge in [0.05, 0.1) is 6.61 Å². The summed E-state index contributed by atoms with van der Waals surface area (Å²) in [4.78, 5) is 0. The van der Waals surface area contributed by atoms with E-state index in [1.54, 1.807) is 0 Å². The van der Waals surface area contributed by atoms with Crippen molar-refractivity contribution in [3.05, 3.63) is 28.7 Å². The molecule has 18 heavy (non-hydrogen) atoms. The van der Waals surface area contributed by atoms with Gasteiger partial charge in [-0.3, -0.25) is 0 Å². The summed E-state index contributed by atoms with van der Waals surface area (Å²) in [6.45, 7) is 2.42. The predicted octanol–water partition coefficient (Wildman–Crippen LogP) is 4.58. The van der Waals surface area contributed by atoms with E-state index >= 15 is 0 Å². The second kappa shape index (κ2) is 9.40. The number of unbranched alkanes of at least 4 members (excludes halogenated alkanes) is 4. The number of aliphatic hydroxyl groups is 1. The van der Waals surface area contributed by atoms with E-state index in [0.29, 0.717) is 0 Å². The first-order valence-electron chi connectivity index (χ1n) is 6.89. The third-order valence-corrected chi connectivity index (χ3v) is 3.57. The molecule has 102 valence electrons. The molecule has 0 fully saturated rings.